The van der Waals surface area contributed by atoms with E-state index in [0.29, 0.717) is 12.5 Å². The lowest BCUT2D eigenvalue weighted by atomic mass is 9.52. The standard InChI is InChI=1S/C28H55NO3/c1-15-28(14,18-26(10,11)22(30)19(2)3)21(16-24(6,7)23(31)32)25(8,9)17-27(12,13)29-20(4)5/h19-21,29H,15-18H2,1-14H3,(H,31,32). The Labute approximate surface area is 199 Å². The van der Waals surface area contributed by atoms with Crippen molar-refractivity contribution in [2.75, 3.05) is 0 Å². The van der Waals surface area contributed by atoms with Crippen molar-refractivity contribution < 1.29 is 14.7 Å². The van der Waals surface area contributed by atoms with Crippen LogP contribution in [0, 0.1) is 33.5 Å². The fourth-order valence-electron chi connectivity index (χ4n) is 6.53. The van der Waals surface area contributed by atoms with Crippen molar-refractivity contribution in [3.05, 3.63) is 0 Å². The largest absolute Gasteiger partial charge is 0.481 e. The fraction of sp³-hybridized carbons (Fsp3) is 0.929. The maximum absolute atomic E-state index is 13.1. The SMILES string of the molecule is CCC(C)(CC(C)(C)C(=O)C(C)C)C(CC(C)(C)C(=O)O)C(C)(C)CC(C)(C)NC(C)C. The van der Waals surface area contributed by atoms with Gasteiger partial charge in [-0.25, -0.2) is 0 Å². The Balaban J connectivity index is 6.46. The minimum Gasteiger partial charge on any atom is -0.481 e. The fourth-order valence-corrected chi connectivity index (χ4v) is 6.53. The molecule has 2 atom stereocenters. The highest BCUT2D eigenvalue weighted by Gasteiger charge is 2.50. The second kappa shape index (κ2) is 10.6. The maximum atomic E-state index is 13.1. The molecule has 2 N–H and O–H groups in total. The summed E-state index contributed by atoms with van der Waals surface area (Å²) in [6.45, 7) is 29.7. The van der Waals surface area contributed by atoms with E-state index in [9.17, 15) is 14.7 Å². The van der Waals surface area contributed by atoms with Gasteiger partial charge in [-0.1, -0.05) is 75.7 Å². The molecule has 0 aliphatic rings. The molecule has 4 heteroatoms. The van der Waals surface area contributed by atoms with E-state index in [-0.39, 0.29) is 34.0 Å². The van der Waals surface area contributed by atoms with E-state index in [2.05, 4.69) is 74.6 Å². The number of carbonyl (C=O) groups is 2. The molecule has 32 heavy (non-hydrogen) atoms. The molecule has 0 aliphatic carbocycles. The van der Waals surface area contributed by atoms with Crippen LogP contribution in [0.15, 0.2) is 0 Å². The smallest absolute Gasteiger partial charge is 0.309 e. The van der Waals surface area contributed by atoms with Gasteiger partial charge in [-0.15, -0.1) is 0 Å². The van der Waals surface area contributed by atoms with Gasteiger partial charge in [-0.3, -0.25) is 9.59 Å². The molecular formula is C28H55NO3. The van der Waals surface area contributed by atoms with Crippen LogP contribution < -0.4 is 5.32 Å². The lowest BCUT2D eigenvalue weighted by Gasteiger charge is -2.53. The summed E-state index contributed by atoms with van der Waals surface area (Å²) in [5, 5.41) is 13.7. The summed E-state index contributed by atoms with van der Waals surface area (Å²) in [4.78, 5) is 25.2. The Hall–Kier alpha value is -0.900. The van der Waals surface area contributed by atoms with Crippen LogP contribution in [0.25, 0.3) is 0 Å². The van der Waals surface area contributed by atoms with Crippen molar-refractivity contribution in [1.82, 2.24) is 5.32 Å². The first-order chi connectivity index (χ1) is 14.0. The Kier molecular flexibility index (Phi) is 10.3. The van der Waals surface area contributed by atoms with E-state index >= 15 is 0 Å². The zero-order valence-corrected chi connectivity index (χ0v) is 23.8. The molecule has 0 spiro atoms. The minimum atomic E-state index is -0.833. The highest BCUT2D eigenvalue weighted by atomic mass is 16.4. The quantitative estimate of drug-likeness (QED) is 0.288. The second-order valence-electron chi connectivity index (χ2n) is 13.9. The van der Waals surface area contributed by atoms with Crippen LogP contribution in [0.2, 0.25) is 0 Å². The first-order valence-electron chi connectivity index (χ1n) is 12.6. The van der Waals surface area contributed by atoms with Crippen LogP contribution >= 0.6 is 0 Å². The first-order valence-corrected chi connectivity index (χ1v) is 12.6. The lowest BCUT2D eigenvalue weighted by molar-refractivity contribution is -0.151. The molecule has 0 saturated heterocycles. The molecule has 0 aromatic carbocycles. The number of aliphatic carboxylic acids is 1. The molecule has 0 rings (SSSR count). The van der Waals surface area contributed by atoms with Crippen LogP contribution in [-0.2, 0) is 9.59 Å². The van der Waals surface area contributed by atoms with Gasteiger partial charge in [0, 0.05) is 22.9 Å². The molecule has 0 fully saturated rings. The molecule has 0 amide bonds. The minimum absolute atomic E-state index is 0.0118. The van der Waals surface area contributed by atoms with Gasteiger partial charge >= 0.3 is 5.97 Å². The van der Waals surface area contributed by atoms with Crippen molar-refractivity contribution in [1.29, 1.82) is 0 Å². The third-order valence-corrected chi connectivity index (χ3v) is 7.50. The number of hydrogen-bond donors (Lipinski definition) is 2. The van der Waals surface area contributed by atoms with Gasteiger partial charge < -0.3 is 10.4 Å². The van der Waals surface area contributed by atoms with Crippen molar-refractivity contribution >= 4 is 11.8 Å². The van der Waals surface area contributed by atoms with Gasteiger partial charge in [0.1, 0.15) is 5.78 Å². The molecule has 4 nitrogen and oxygen atoms in total. The predicted octanol–water partition coefficient (Wildman–Crippen LogP) is 7.35. The number of Topliss-reactive ketones (excluding diaryl/α,β-unsaturated/α-hetero) is 1. The average molecular weight is 454 g/mol. The average Bonchev–Trinajstić information content (AvgIpc) is 2.55. The van der Waals surface area contributed by atoms with Gasteiger partial charge in [-0.05, 0) is 63.7 Å². The van der Waals surface area contributed by atoms with Gasteiger partial charge in [-0.2, -0.15) is 0 Å². The first kappa shape index (κ1) is 31.1. The van der Waals surface area contributed by atoms with E-state index in [1.165, 1.54) is 0 Å². The summed E-state index contributed by atoms with van der Waals surface area (Å²) in [7, 11) is 0. The number of hydrogen-bond acceptors (Lipinski definition) is 3. The Morgan fingerprint density at radius 2 is 1.28 bits per heavy atom. The zero-order chi connectivity index (χ0) is 25.9. The molecule has 0 aromatic rings. The number of rotatable bonds is 14. The Morgan fingerprint density at radius 3 is 1.62 bits per heavy atom. The van der Waals surface area contributed by atoms with E-state index in [0.717, 1.165) is 19.3 Å². The molecule has 0 aliphatic heterocycles. The molecular weight excluding hydrogens is 398 g/mol. The number of carbonyl (C=O) groups excluding carboxylic acids is 1. The van der Waals surface area contributed by atoms with Crippen LogP contribution in [-0.4, -0.2) is 28.4 Å². The van der Waals surface area contributed by atoms with Crippen LogP contribution in [0.3, 0.4) is 0 Å². The number of ketones is 1. The number of carboxylic acid groups (broad SMARTS) is 1. The number of nitrogens with one attached hydrogen (secondary N) is 1. The molecule has 0 aromatic heterocycles. The summed E-state index contributed by atoms with van der Waals surface area (Å²) in [6.07, 6.45) is 3.18. The summed E-state index contributed by atoms with van der Waals surface area (Å²) in [6, 6.07) is 0.370. The van der Waals surface area contributed by atoms with E-state index in [1.54, 1.807) is 0 Å². The molecule has 2 unspecified atom stereocenters. The molecule has 190 valence electrons. The molecule has 0 bridgehead atoms. The zero-order valence-electron chi connectivity index (χ0n) is 23.8. The Morgan fingerprint density at radius 1 is 0.812 bits per heavy atom. The van der Waals surface area contributed by atoms with Crippen molar-refractivity contribution in [3.8, 4) is 0 Å². The molecule has 0 radical (unpaired) electrons. The topological polar surface area (TPSA) is 66.4 Å². The summed E-state index contributed by atoms with van der Waals surface area (Å²) in [5.41, 5.74) is -1.66. The predicted molar refractivity (Wildman–Crippen MR) is 137 cm³/mol. The highest BCUT2D eigenvalue weighted by Crippen LogP contribution is 2.55. The van der Waals surface area contributed by atoms with Gasteiger partial charge in [0.05, 0.1) is 5.41 Å². The highest BCUT2D eigenvalue weighted by molar-refractivity contribution is 5.85. The lowest BCUT2D eigenvalue weighted by Crippen LogP contribution is -2.51. The van der Waals surface area contributed by atoms with Crippen molar-refractivity contribution in [2.24, 2.45) is 33.5 Å². The van der Waals surface area contributed by atoms with Crippen molar-refractivity contribution in [2.45, 2.75) is 134 Å². The van der Waals surface area contributed by atoms with E-state index < -0.39 is 16.8 Å². The molecule has 0 heterocycles. The summed E-state index contributed by atoms with van der Waals surface area (Å²) in [5.74, 6) is -0.345. The van der Waals surface area contributed by atoms with Crippen LogP contribution in [0.5, 0.6) is 0 Å². The summed E-state index contributed by atoms with van der Waals surface area (Å²) < 4.78 is 0. The number of carboxylic acids is 1. The van der Waals surface area contributed by atoms with Crippen molar-refractivity contribution in [3.63, 3.8) is 0 Å². The molecule has 0 saturated carbocycles. The van der Waals surface area contributed by atoms with Gasteiger partial charge in [0.2, 0.25) is 0 Å². The normalized spacial score (nSPS) is 16.9. The van der Waals surface area contributed by atoms with Crippen LogP contribution in [0.4, 0.5) is 0 Å². The van der Waals surface area contributed by atoms with E-state index in [1.807, 2.05) is 27.7 Å². The second-order valence-corrected chi connectivity index (χ2v) is 13.9. The summed E-state index contributed by atoms with van der Waals surface area (Å²) >= 11 is 0. The monoisotopic (exact) mass is 453 g/mol. The van der Waals surface area contributed by atoms with E-state index in [4.69, 9.17) is 0 Å². The van der Waals surface area contributed by atoms with Gasteiger partial charge in [0.15, 0.2) is 0 Å². The third kappa shape index (κ3) is 8.47. The third-order valence-electron chi connectivity index (χ3n) is 7.50. The Bertz CT molecular complexity index is 643. The maximum Gasteiger partial charge on any atom is 0.309 e. The van der Waals surface area contributed by atoms with Crippen LogP contribution in [0.1, 0.15) is 123 Å². The van der Waals surface area contributed by atoms with Gasteiger partial charge in [0.25, 0.3) is 0 Å².